The molecule has 0 N–H and O–H groups in total. The molecule has 0 radical (unpaired) electrons. The molecular weight excluding hydrogens is 514 g/mol. The fourth-order valence-electron chi connectivity index (χ4n) is 5.00. The minimum atomic E-state index is 0.982. The van der Waals surface area contributed by atoms with Crippen LogP contribution in [-0.4, -0.2) is 4.57 Å². The van der Waals surface area contributed by atoms with Gasteiger partial charge in [0.25, 0.3) is 0 Å². The van der Waals surface area contributed by atoms with E-state index in [4.69, 9.17) is 0 Å². The Bertz CT molecular complexity index is 1800. The molecule has 0 bridgehead atoms. The van der Waals surface area contributed by atoms with E-state index in [1.165, 1.54) is 38.5 Å². The number of benzene rings is 5. The molecule has 0 fully saturated rings. The molecule has 0 aliphatic carbocycles. The average Bonchev–Trinajstić information content (AvgIpc) is 3.26. The highest BCUT2D eigenvalue weighted by Crippen LogP contribution is 2.37. The van der Waals surface area contributed by atoms with E-state index >= 15 is 0 Å². The molecule has 0 saturated carbocycles. The van der Waals surface area contributed by atoms with Crippen LogP contribution in [0.4, 0.5) is 0 Å². The first-order valence-corrected chi connectivity index (χ1v) is 13.2. The molecule has 0 spiro atoms. The monoisotopic (exact) mass is 539 g/mol. The van der Waals surface area contributed by atoms with Crippen LogP contribution in [0.25, 0.3) is 50.3 Å². The highest BCUT2D eigenvalue weighted by Gasteiger charge is 2.14. The maximum Gasteiger partial charge on any atom is 0.0547 e. The van der Waals surface area contributed by atoms with Gasteiger partial charge in [-0.25, -0.2) is 0 Å². The third kappa shape index (κ3) is 4.34. The first-order valence-electron chi connectivity index (χ1n) is 12.4. The number of halogens is 1. The summed E-state index contributed by atoms with van der Waals surface area (Å²) in [7, 11) is 0. The third-order valence-corrected chi connectivity index (χ3v) is 7.65. The number of nitrogens with zero attached hydrogens (tertiary/aromatic N) is 1. The van der Waals surface area contributed by atoms with E-state index in [-0.39, 0.29) is 0 Å². The number of allylic oxidation sites excluding steroid dienone is 2. The van der Waals surface area contributed by atoms with Crippen molar-refractivity contribution in [1.82, 2.24) is 4.57 Å². The molecule has 5 aromatic carbocycles. The lowest BCUT2D eigenvalue weighted by Crippen LogP contribution is -1.93. The van der Waals surface area contributed by atoms with E-state index in [1.54, 1.807) is 0 Å². The molecule has 2 heteroatoms. The van der Waals surface area contributed by atoms with E-state index < -0.39 is 0 Å². The van der Waals surface area contributed by atoms with Crippen molar-refractivity contribution >= 4 is 49.4 Å². The summed E-state index contributed by atoms with van der Waals surface area (Å²) in [5, 5.41) is 2.52. The Labute approximate surface area is 226 Å². The minimum absolute atomic E-state index is 0.982. The molecular formula is C35H26BrN. The van der Waals surface area contributed by atoms with Crippen LogP contribution >= 0.6 is 15.9 Å². The zero-order chi connectivity index (χ0) is 25.4. The van der Waals surface area contributed by atoms with Gasteiger partial charge < -0.3 is 4.57 Å². The van der Waals surface area contributed by atoms with Crippen molar-refractivity contribution in [3.63, 3.8) is 0 Å². The number of rotatable bonds is 5. The summed E-state index contributed by atoms with van der Waals surface area (Å²) >= 11 is 3.85. The highest BCUT2D eigenvalue weighted by molar-refractivity contribution is 9.10. The van der Waals surface area contributed by atoms with E-state index in [0.29, 0.717) is 0 Å². The molecule has 0 aliphatic rings. The van der Waals surface area contributed by atoms with E-state index in [0.717, 1.165) is 26.9 Å². The first kappa shape index (κ1) is 23.3. The quantitative estimate of drug-likeness (QED) is 0.192. The Hall–Kier alpha value is -4.14. The van der Waals surface area contributed by atoms with Crippen LogP contribution in [0.2, 0.25) is 0 Å². The fraction of sp³-hybridized carbons (Fsp3) is 0.0286. The summed E-state index contributed by atoms with van der Waals surface area (Å²) in [6.45, 7) is 6.44. The first-order chi connectivity index (χ1) is 18.1. The standard InChI is InChI=1S/C35H26BrN/c1-24-10-6-7-11-26(24)17-16-25(2)27-18-20-30(33(36)22-27)28-19-21-32-31-14-8-9-15-34(31)37(35(32)23-28)29-12-4-3-5-13-29/h3-23H,2H2,1H3/b17-16-. The average molecular weight is 541 g/mol. The molecule has 37 heavy (non-hydrogen) atoms. The van der Waals surface area contributed by atoms with Crippen LogP contribution in [-0.2, 0) is 0 Å². The van der Waals surface area contributed by atoms with Gasteiger partial charge in [-0.1, -0.05) is 120 Å². The van der Waals surface area contributed by atoms with Crippen LogP contribution in [0.5, 0.6) is 0 Å². The van der Waals surface area contributed by atoms with Crippen molar-refractivity contribution in [1.29, 1.82) is 0 Å². The second-order valence-corrected chi connectivity index (χ2v) is 10.2. The van der Waals surface area contributed by atoms with Crippen LogP contribution in [0.3, 0.4) is 0 Å². The third-order valence-electron chi connectivity index (χ3n) is 6.99. The lowest BCUT2D eigenvalue weighted by Gasteiger charge is -2.11. The van der Waals surface area contributed by atoms with Gasteiger partial charge in [0.2, 0.25) is 0 Å². The van der Waals surface area contributed by atoms with Gasteiger partial charge >= 0.3 is 0 Å². The largest absolute Gasteiger partial charge is 0.309 e. The predicted molar refractivity (Wildman–Crippen MR) is 163 cm³/mol. The van der Waals surface area contributed by atoms with Crippen LogP contribution in [0, 0.1) is 6.92 Å². The van der Waals surface area contributed by atoms with Crippen LogP contribution < -0.4 is 0 Å². The van der Waals surface area contributed by atoms with E-state index in [1.807, 2.05) is 0 Å². The molecule has 6 rings (SSSR count). The topological polar surface area (TPSA) is 4.93 Å². The molecule has 178 valence electrons. The number of aryl methyl sites for hydroxylation is 1. The Kier molecular flexibility index (Phi) is 6.12. The van der Waals surface area contributed by atoms with Crippen molar-refractivity contribution in [2.24, 2.45) is 0 Å². The number of hydrogen-bond donors (Lipinski definition) is 0. The van der Waals surface area contributed by atoms with E-state index in [9.17, 15) is 0 Å². The Morgan fingerprint density at radius 2 is 1.46 bits per heavy atom. The van der Waals surface area contributed by atoms with Gasteiger partial charge in [0.1, 0.15) is 0 Å². The lowest BCUT2D eigenvalue weighted by atomic mass is 9.99. The van der Waals surface area contributed by atoms with Gasteiger partial charge in [-0.2, -0.15) is 0 Å². The molecule has 1 heterocycles. The molecule has 0 unspecified atom stereocenters. The van der Waals surface area contributed by atoms with E-state index in [2.05, 4.69) is 161 Å². The highest BCUT2D eigenvalue weighted by atomic mass is 79.9. The summed E-state index contributed by atoms with van der Waals surface area (Å²) in [6.07, 6.45) is 4.23. The maximum absolute atomic E-state index is 4.31. The van der Waals surface area contributed by atoms with Crippen molar-refractivity contribution < 1.29 is 0 Å². The molecule has 0 saturated heterocycles. The Morgan fingerprint density at radius 1 is 0.730 bits per heavy atom. The van der Waals surface area contributed by atoms with Gasteiger partial charge in [0, 0.05) is 20.9 Å². The molecule has 6 aromatic rings. The molecule has 1 aromatic heterocycles. The summed E-state index contributed by atoms with van der Waals surface area (Å²) in [5.41, 5.74) is 10.5. The van der Waals surface area contributed by atoms with Crippen molar-refractivity contribution in [3.05, 3.63) is 149 Å². The summed E-state index contributed by atoms with van der Waals surface area (Å²) in [6, 6.07) is 40.9. The SMILES string of the molecule is C=C(/C=C\c1ccccc1C)c1ccc(-c2ccc3c4ccccc4n(-c4ccccc4)c3c2)c(Br)c1. The van der Waals surface area contributed by atoms with Gasteiger partial charge in [-0.05, 0) is 70.6 Å². The fourth-order valence-corrected chi connectivity index (χ4v) is 5.61. The van der Waals surface area contributed by atoms with Gasteiger partial charge in [0.15, 0.2) is 0 Å². The minimum Gasteiger partial charge on any atom is -0.309 e. The molecule has 0 atom stereocenters. The second kappa shape index (κ2) is 9.72. The van der Waals surface area contributed by atoms with Crippen molar-refractivity contribution in [2.45, 2.75) is 6.92 Å². The summed E-state index contributed by atoms with van der Waals surface area (Å²) in [4.78, 5) is 0. The Balaban J connectivity index is 1.40. The van der Waals surface area contributed by atoms with Crippen LogP contribution in [0.1, 0.15) is 16.7 Å². The number of fused-ring (bicyclic) bond motifs is 3. The van der Waals surface area contributed by atoms with Gasteiger partial charge in [-0.3, -0.25) is 0 Å². The number of para-hydroxylation sites is 2. The predicted octanol–water partition coefficient (Wildman–Crippen LogP) is 10.2. The van der Waals surface area contributed by atoms with Crippen molar-refractivity contribution in [2.75, 3.05) is 0 Å². The van der Waals surface area contributed by atoms with Crippen LogP contribution in [0.15, 0.2) is 132 Å². The maximum atomic E-state index is 4.31. The lowest BCUT2D eigenvalue weighted by molar-refractivity contribution is 1.18. The zero-order valence-corrected chi connectivity index (χ0v) is 22.2. The van der Waals surface area contributed by atoms with Gasteiger partial charge in [-0.15, -0.1) is 0 Å². The number of aromatic nitrogens is 1. The van der Waals surface area contributed by atoms with Crippen molar-refractivity contribution in [3.8, 4) is 16.8 Å². The zero-order valence-electron chi connectivity index (χ0n) is 20.7. The molecule has 0 aliphatic heterocycles. The smallest absolute Gasteiger partial charge is 0.0547 e. The summed E-state index contributed by atoms with van der Waals surface area (Å²) in [5.74, 6) is 0. The second-order valence-electron chi connectivity index (χ2n) is 9.33. The number of hydrogen-bond acceptors (Lipinski definition) is 0. The summed E-state index contributed by atoms with van der Waals surface area (Å²) < 4.78 is 3.41. The molecule has 1 nitrogen and oxygen atoms in total. The molecule has 0 amide bonds. The Morgan fingerprint density at radius 3 is 2.27 bits per heavy atom. The normalized spacial score (nSPS) is 11.5. The van der Waals surface area contributed by atoms with Gasteiger partial charge in [0.05, 0.1) is 11.0 Å².